The Kier molecular flexibility index (Phi) is 5.62. The van der Waals surface area contributed by atoms with E-state index in [2.05, 4.69) is 32.6 Å². The number of likely N-dealkylation sites (tertiary alicyclic amines) is 1. The molecule has 1 fully saturated rings. The smallest absolute Gasteiger partial charge is 0.119 e. The Bertz CT molecular complexity index is 498. The molecule has 0 radical (unpaired) electrons. The Hall–Kier alpha value is -0.810. The van der Waals surface area contributed by atoms with Gasteiger partial charge in [-0.2, -0.15) is 0 Å². The van der Waals surface area contributed by atoms with Crippen LogP contribution in [0.5, 0.6) is 5.75 Å². The third kappa shape index (κ3) is 4.83. The molecule has 4 nitrogen and oxygen atoms in total. The van der Waals surface area contributed by atoms with Crippen molar-refractivity contribution in [2.45, 2.75) is 63.8 Å². The summed E-state index contributed by atoms with van der Waals surface area (Å²) in [4.78, 5) is 2.28. The average molecular weight is 342 g/mol. The van der Waals surface area contributed by atoms with E-state index in [-0.39, 0.29) is 23.8 Å². The number of ether oxygens (including phenoxy) is 1. The highest BCUT2D eigenvalue weighted by atomic mass is 35.5. The van der Waals surface area contributed by atoms with E-state index in [0.717, 1.165) is 0 Å². The molecule has 23 heavy (non-hydrogen) atoms. The maximum atomic E-state index is 10.4. The Labute approximate surface area is 144 Å². The third-order valence-electron chi connectivity index (χ3n) is 4.58. The number of halogens is 1. The Balaban J connectivity index is 1.95. The van der Waals surface area contributed by atoms with Gasteiger partial charge in [0.15, 0.2) is 0 Å². The van der Waals surface area contributed by atoms with Crippen LogP contribution >= 0.6 is 11.6 Å². The van der Waals surface area contributed by atoms with Crippen molar-refractivity contribution in [3.63, 3.8) is 0 Å². The number of aliphatic hydroxyl groups excluding tert-OH is 2. The lowest BCUT2D eigenvalue weighted by molar-refractivity contribution is -0.1000. The van der Waals surface area contributed by atoms with Crippen LogP contribution in [-0.2, 0) is 0 Å². The van der Waals surface area contributed by atoms with E-state index in [0.29, 0.717) is 30.2 Å². The molecule has 1 aromatic carbocycles. The number of hydrogen-bond donors (Lipinski definition) is 2. The number of β-amino-alcohol motifs (C(OH)–C–C–N with tert-alkyl or cyclic N) is 1. The van der Waals surface area contributed by atoms with Gasteiger partial charge in [0, 0.05) is 22.6 Å². The molecular weight excluding hydrogens is 314 g/mol. The van der Waals surface area contributed by atoms with Crippen molar-refractivity contribution in [3.05, 3.63) is 29.3 Å². The first-order valence-electron chi connectivity index (χ1n) is 8.12. The van der Waals surface area contributed by atoms with E-state index in [9.17, 15) is 10.2 Å². The molecule has 1 saturated heterocycles. The van der Waals surface area contributed by atoms with Crippen LogP contribution in [0, 0.1) is 0 Å². The van der Waals surface area contributed by atoms with E-state index in [4.69, 9.17) is 16.3 Å². The van der Waals surface area contributed by atoms with Gasteiger partial charge in [-0.15, -0.1) is 0 Å². The van der Waals surface area contributed by atoms with Crippen molar-refractivity contribution in [2.24, 2.45) is 0 Å². The van der Waals surface area contributed by atoms with E-state index in [1.807, 2.05) is 0 Å². The van der Waals surface area contributed by atoms with Gasteiger partial charge in [0.1, 0.15) is 18.5 Å². The van der Waals surface area contributed by atoms with Crippen LogP contribution in [0.3, 0.4) is 0 Å². The zero-order valence-corrected chi connectivity index (χ0v) is 15.2. The second kappa shape index (κ2) is 6.98. The summed E-state index contributed by atoms with van der Waals surface area (Å²) in [6.45, 7) is 9.20. The van der Waals surface area contributed by atoms with Crippen LogP contribution in [0.25, 0.3) is 0 Å². The summed E-state index contributed by atoms with van der Waals surface area (Å²) in [5.41, 5.74) is -0.329. The lowest BCUT2D eigenvalue weighted by Crippen LogP contribution is -2.63. The Morgan fingerprint density at radius 2 is 1.70 bits per heavy atom. The van der Waals surface area contributed by atoms with Gasteiger partial charge in [0.2, 0.25) is 0 Å². The highest BCUT2D eigenvalue weighted by molar-refractivity contribution is 6.30. The summed E-state index contributed by atoms with van der Waals surface area (Å²) in [5, 5.41) is 21.1. The normalized spacial score (nSPS) is 22.7. The molecule has 1 heterocycles. The number of rotatable bonds is 5. The molecule has 5 heteroatoms. The van der Waals surface area contributed by atoms with Gasteiger partial charge in [-0.3, -0.25) is 4.90 Å². The molecule has 0 unspecified atom stereocenters. The molecule has 130 valence electrons. The monoisotopic (exact) mass is 341 g/mol. The summed E-state index contributed by atoms with van der Waals surface area (Å²) in [7, 11) is 0. The van der Waals surface area contributed by atoms with Crippen LogP contribution in [0.2, 0.25) is 5.02 Å². The van der Waals surface area contributed by atoms with E-state index < -0.39 is 6.10 Å². The second-order valence-corrected chi connectivity index (χ2v) is 8.15. The highest BCUT2D eigenvalue weighted by Crippen LogP contribution is 2.38. The molecule has 1 aliphatic rings. The molecule has 1 atom stereocenters. The molecule has 0 spiro atoms. The predicted octanol–water partition coefficient (Wildman–Crippen LogP) is 3.09. The van der Waals surface area contributed by atoms with Gasteiger partial charge in [-0.05, 0) is 64.8 Å². The first-order chi connectivity index (χ1) is 10.6. The Morgan fingerprint density at radius 3 is 2.22 bits per heavy atom. The van der Waals surface area contributed by atoms with Crippen molar-refractivity contribution in [3.8, 4) is 5.75 Å². The standard InChI is InChI=1S/C18H28ClNO3/c1-17(2)9-14(21)10-18(3,4)20(17)11-15(22)12-23-16-7-5-13(19)6-8-16/h5-8,14-15,21-22H,9-12H2,1-4H3/t15-/m0/s1. The van der Waals surface area contributed by atoms with Crippen molar-refractivity contribution < 1.29 is 14.9 Å². The molecule has 1 aromatic rings. The first-order valence-corrected chi connectivity index (χ1v) is 8.50. The molecule has 1 aliphatic heterocycles. The lowest BCUT2D eigenvalue weighted by Gasteiger charge is -2.54. The zero-order valence-electron chi connectivity index (χ0n) is 14.4. The molecule has 2 N–H and O–H groups in total. The van der Waals surface area contributed by atoms with Crippen LogP contribution in [0.4, 0.5) is 0 Å². The maximum absolute atomic E-state index is 10.4. The van der Waals surface area contributed by atoms with Crippen LogP contribution in [-0.4, -0.2) is 51.6 Å². The van der Waals surface area contributed by atoms with Crippen LogP contribution in [0.15, 0.2) is 24.3 Å². The van der Waals surface area contributed by atoms with Crippen LogP contribution in [0.1, 0.15) is 40.5 Å². The molecule has 0 saturated carbocycles. The van der Waals surface area contributed by atoms with Crippen molar-refractivity contribution in [2.75, 3.05) is 13.2 Å². The van der Waals surface area contributed by atoms with Crippen molar-refractivity contribution in [1.82, 2.24) is 4.90 Å². The number of benzene rings is 1. The fourth-order valence-electron chi connectivity index (χ4n) is 3.75. The van der Waals surface area contributed by atoms with Gasteiger partial charge >= 0.3 is 0 Å². The number of aliphatic hydroxyl groups is 2. The minimum Gasteiger partial charge on any atom is -0.491 e. The summed E-state index contributed by atoms with van der Waals surface area (Å²) in [6.07, 6.45) is 0.528. The largest absolute Gasteiger partial charge is 0.491 e. The summed E-state index contributed by atoms with van der Waals surface area (Å²) in [5.74, 6) is 0.695. The minimum absolute atomic E-state index is 0.164. The van der Waals surface area contributed by atoms with Gasteiger partial charge < -0.3 is 14.9 Å². The SMILES string of the molecule is CC1(C)CC(O)CC(C)(C)N1C[C@H](O)COc1ccc(Cl)cc1. The van der Waals surface area contributed by atoms with Gasteiger partial charge in [0.25, 0.3) is 0 Å². The quantitative estimate of drug-likeness (QED) is 0.864. The summed E-state index contributed by atoms with van der Waals surface area (Å²) in [6, 6.07) is 7.11. The minimum atomic E-state index is -0.598. The molecule has 2 rings (SSSR count). The van der Waals surface area contributed by atoms with Crippen molar-refractivity contribution >= 4 is 11.6 Å². The summed E-state index contributed by atoms with van der Waals surface area (Å²) >= 11 is 5.85. The van der Waals surface area contributed by atoms with Crippen LogP contribution < -0.4 is 4.74 Å². The van der Waals surface area contributed by atoms with Gasteiger partial charge in [0.05, 0.1) is 6.10 Å². The first kappa shape index (κ1) is 18.5. The van der Waals surface area contributed by atoms with Gasteiger partial charge in [-0.25, -0.2) is 0 Å². The number of nitrogens with zero attached hydrogens (tertiary/aromatic N) is 1. The topological polar surface area (TPSA) is 52.9 Å². The van der Waals surface area contributed by atoms with Gasteiger partial charge in [-0.1, -0.05) is 11.6 Å². The second-order valence-electron chi connectivity index (χ2n) is 7.72. The van der Waals surface area contributed by atoms with E-state index >= 15 is 0 Å². The third-order valence-corrected chi connectivity index (χ3v) is 4.83. The molecular formula is C18H28ClNO3. The molecule has 0 amide bonds. The fraction of sp³-hybridized carbons (Fsp3) is 0.667. The molecule has 0 bridgehead atoms. The number of piperidine rings is 1. The maximum Gasteiger partial charge on any atom is 0.119 e. The number of hydrogen-bond acceptors (Lipinski definition) is 4. The lowest BCUT2D eigenvalue weighted by atomic mass is 9.78. The van der Waals surface area contributed by atoms with E-state index in [1.165, 1.54) is 0 Å². The Morgan fingerprint density at radius 1 is 1.17 bits per heavy atom. The highest BCUT2D eigenvalue weighted by Gasteiger charge is 2.45. The van der Waals surface area contributed by atoms with E-state index in [1.54, 1.807) is 24.3 Å². The molecule has 0 aliphatic carbocycles. The van der Waals surface area contributed by atoms with Crippen molar-refractivity contribution in [1.29, 1.82) is 0 Å². The summed E-state index contributed by atoms with van der Waals surface area (Å²) < 4.78 is 5.64. The predicted molar refractivity (Wildman–Crippen MR) is 93.1 cm³/mol. The zero-order chi connectivity index (χ0) is 17.3. The molecule has 0 aromatic heterocycles. The fourth-order valence-corrected chi connectivity index (χ4v) is 3.87. The average Bonchev–Trinajstić information content (AvgIpc) is 2.41.